The van der Waals surface area contributed by atoms with Crippen LogP contribution in [0.15, 0.2) is 42.5 Å². The Morgan fingerprint density at radius 3 is 2.35 bits per heavy atom. The molecule has 0 saturated carbocycles. The fraction of sp³-hybridized carbons (Fsp3) is 0.125. The lowest BCUT2D eigenvalue weighted by atomic mass is 10.1. The van der Waals surface area contributed by atoms with Crippen molar-refractivity contribution >= 4 is 28.9 Å². The van der Waals surface area contributed by atoms with Crippen LogP contribution in [0.1, 0.15) is 27.6 Å². The number of carbonyl (C=O) groups is 2. The normalized spacial score (nSPS) is 10.0. The Hall–Kier alpha value is -3.82. The number of anilines is 1. The summed E-state index contributed by atoms with van der Waals surface area (Å²) in [7, 11) is 0. The summed E-state index contributed by atoms with van der Waals surface area (Å²) < 4.78 is 4.89. The Kier molecular flexibility index (Phi) is 5.58. The van der Waals surface area contributed by atoms with Gasteiger partial charge in [-0.3, -0.25) is 25.0 Å². The van der Waals surface area contributed by atoms with Crippen molar-refractivity contribution < 1.29 is 24.2 Å². The Morgan fingerprint density at radius 1 is 1.04 bits per heavy atom. The lowest BCUT2D eigenvalue weighted by molar-refractivity contribution is -0.394. The van der Waals surface area contributed by atoms with Gasteiger partial charge in [-0.2, -0.15) is 0 Å². The summed E-state index contributed by atoms with van der Waals surface area (Å²) in [5, 5.41) is 24.3. The van der Waals surface area contributed by atoms with Crippen molar-refractivity contribution in [3.05, 3.63) is 73.8 Å². The Balaban J connectivity index is 2.38. The number of ether oxygens (including phenoxy) is 1. The van der Waals surface area contributed by atoms with Crippen molar-refractivity contribution in [3.8, 4) is 0 Å². The lowest BCUT2D eigenvalue weighted by Gasteiger charge is -2.10. The molecule has 0 aliphatic rings. The number of nitro groups is 2. The minimum absolute atomic E-state index is 0.0762. The maximum atomic E-state index is 12.4. The molecule has 2 rings (SSSR count). The Labute approximate surface area is 146 Å². The van der Waals surface area contributed by atoms with Crippen molar-refractivity contribution in [2.24, 2.45) is 0 Å². The van der Waals surface area contributed by atoms with Crippen LogP contribution in [0.2, 0.25) is 0 Å². The molecule has 0 fully saturated rings. The Morgan fingerprint density at radius 2 is 1.73 bits per heavy atom. The van der Waals surface area contributed by atoms with E-state index in [1.165, 1.54) is 12.1 Å². The average Bonchev–Trinajstić information content (AvgIpc) is 2.61. The smallest absolute Gasteiger partial charge is 0.340 e. The van der Waals surface area contributed by atoms with Gasteiger partial charge in [0.1, 0.15) is 5.56 Å². The first-order chi connectivity index (χ1) is 12.3. The van der Waals surface area contributed by atoms with E-state index < -0.39 is 33.1 Å². The zero-order valence-corrected chi connectivity index (χ0v) is 13.5. The van der Waals surface area contributed by atoms with Gasteiger partial charge in [0.2, 0.25) is 0 Å². The number of nitro benzene ring substituents is 2. The first kappa shape index (κ1) is 18.5. The van der Waals surface area contributed by atoms with Gasteiger partial charge in [0.05, 0.1) is 33.8 Å². The van der Waals surface area contributed by atoms with Gasteiger partial charge in [-0.05, 0) is 25.1 Å². The van der Waals surface area contributed by atoms with Crippen LogP contribution in [-0.2, 0) is 4.74 Å². The van der Waals surface area contributed by atoms with Gasteiger partial charge in [0.25, 0.3) is 17.3 Å². The van der Waals surface area contributed by atoms with Crippen molar-refractivity contribution in [3.63, 3.8) is 0 Å². The topological polar surface area (TPSA) is 142 Å². The van der Waals surface area contributed by atoms with E-state index >= 15 is 0 Å². The third-order valence-corrected chi connectivity index (χ3v) is 3.30. The van der Waals surface area contributed by atoms with Crippen LogP contribution in [0.4, 0.5) is 17.1 Å². The molecule has 0 saturated heterocycles. The number of nitrogens with one attached hydrogen (secondary N) is 1. The van der Waals surface area contributed by atoms with Gasteiger partial charge >= 0.3 is 5.97 Å². The fourth-order valence-electron chi connectivity index (χ4n) is 2.15. The number of hydrogen-bond donors (Lipinski definition) is 1. The number of hydrogen-bond acceptors (Lipinski definition) is 7. The van der Waals surface area contributed by atoms with Gasteiger partial charge in [-0.15, -0.1) is 0 Å². The third kappa shape index (κ3) is 3.98. The van der Waals surface area contributed by atoms with Crippen LogP contribution in [0.25, 0.3) is 0 Å². The zero-order valence-electron chi connectivity index (χ0n) is 13.5. The molecule has 2 aromatic carbocycles. The highest BCUT2D eigenvalue weighted by molar-refractivity contribution is 6.10. The molecule has 10 nitrogen and oxygen atoms in total. The van der Waals surface area contributed by atoms with Crippen molar-refractivity contribution in [1.29, 1.82) is 0 Å². The number of nitrogens with zero attached hydrogens (tertiary/aromatic N) is 2. The second-order valence-corrected chi connectivity index (χ2v) is 4.94. The number of non-ortho nitro benzene ring substituents is 1. The van der Waals surface area contributed by atoms with Crippen LogP contribution in [-0.4, -0.2) is 28.3 Å². The predicted molar refractivity (Wildman–Crippen MR) is 90.1 cm³/mol. The minimum Gasteiger partial charge on any atom is -0.462 e. The molecule has 1 amide bonds. The van der Waals surface area contributed by atoms with Gasteiger partial charge in [-0.1, -0.05) is 12.1 Å². The first-order valence-electron chi connectivity index (χ1n) is 7.35. The molecular weight excluding hydrogens is 346 g/mol. The Bertz CT molecular complexity index is 895. The molecule has 26 heavy (non-hydrogen) atoms. The van der Waals surface area contributed by atoms with Crippen molar-refractivity contribution in [2.45, 2.75) is 6.92 Å². The molecular formula is C16H13N3O7. The fourth-order valence-corrected chi connectivity index (χ4v) is 2.15. The summed E-state index contributed by atoms with van der Waals surface area (Å²) in [6.07, 6.45) is 0. The SMILES string of the molecule is CCOC(=O)c1ccccc1NC(=O)c1ccc([N+](=O)[O-])cc1[N+](=O)[O-]. The van der Waals surface area contributed by atoms with Gasteiger partial charge in [-0.25, -0.2) is 4.79 Å². The monoisotopic (exact) mass is 359 g/mol. The number of rotatable bonds is 6. The van der Waals surface area contributed by atoms with Crippen LogP contribution in [0.5, 0.6) is 0 Å². The predicted octanol–water partition coefficient (Wildman–Crippen LogP) is 2.93. The standard InChI is InChI=1S/C16H13N3O7/c1-2-26-16(21)11-5-3-4-6-13(11)17-15(20)12-8-7-10(18(22)23)9-14(12)19(24)25/h3-9H,2H2,1H3,(H,17,20). The van der Waals surface area contributed by atoms with Crippen LogP contribution in [0, 0.1) is 20.2 Å². The highest BCUT2D eigenvalue weighted by Gasteiger charge is 2.25. The number of esters is 1. The molecule has 0 aromatic heterocycles. The van der Waals surface area contributed by atoms with E-state index in [-0.39, 0.29) is 23.4 Å². The van der Waals surface area contributed by atoms with E-state index in [9.17, 15) is 29.8 Å². The molecule has 0 radical (unpaired) electrons. The van der Waals surface area contributed by atoms with E-state index in [1.54, 1.807) is 19.1 Å². The van der Waals surface area contributed by atoms with Crippen LogP contribution >= 0.6 is 0 Å². The lowest BCUT2D eigenvalue weighted by Crippen LogP contribution is -2.17. The van der Waals surface area contributed by atoms with Crippen molar-refractivity contribution in [1.82, 2.24) is 0 Å². The minimum atomic E-state index is -0.890. The number of benzene rings is 2. The molecule has 0 spiro atoms. The molecule has 0 unspecified atom stereocenters. The summed E-state index contributed by atoms with van der Waals surface area (Å²) >= 11 is 0. The largest absolute Gasteiger partial charge is 0.462 e. The molecule has 0 heterocycles. The number of amides is 1. The van der Waals surface area contributed by atoms with Gasteiger partial charge in [0, 0.05) is 6.07 Å². The summed E-state index contributed by atoms with van der Waals surface area (Å²) in [6.45, 7) is 1.76. The molecule has 2 aromatic rings. The quantitative estimate of drug-likeness (QED) is 0.474. The van der Waals surface area contributed by atoms with Gasteiger partial charge < -0.3 is 10.1 Å². The van der Waals surface area contributed by atoms with E-state index in [1.807, 2.05) is 0 Å². The highest BCUT2D eigenvalue weighted by atomic mass is 16.6. The van der Waals surface area contributed by atoms with Gasteiger partial charge in [0.15, 0.2) is 0 Å². The molecule has 0 aliphatic carbocycles. The van der Waals surface area contributed by atoms with Crippen LogP contribution in [0.3, 0.4) is 0 Å². The molecule has 0 atom stereocenters. The average molecular weight is 359 g/mol. The number of carbonyl (C=O) groups excluding carboxylic acids is 2. The maximum Gasteiger partial charge on any atom is 0.340 e. The van der Waals surface area contributed by atoms with Crippen LogP contribution < -0.4 is 5.32 Å². The van der Waals surface area contributed by atoms with E-state index in [2.05, 4.69) is 5.32 Å². The van der Waals surface area contributed by atoms with Crippen molar-refractivity contribution in [2.75, 3.05) is 11.9 Å². The molecule has 0 bridgehead atoms. The van der Waals surface area contributed by atoms with E-state index in [4.69, 9.17) is 4.74 Å². The van der Waals surface area contributed by atoms with E-state index in [0.29, 0.717) is 6.07 Å². The molecule has 0 aliphatic heterocycles. The molecule has 1 N–H and O–H groups in total. The third-order valence-electron chi connectivity index (χ3n) is 3.30. The zero-order chi connectivity index (χ0) is 19.3. The molecule has 134 valence electrons. The second kappa shape index (κ2) is 7.83. The highest BCUT2D eigenvalue weighted by Crippen LogP contribution is 2.26. The summed E-state index contributed by atoms with van der Waals surface area (Å²) in [4.78, 5) is 44.5. The number of para-hydroxylation sites is 1. The summed E-state index contributed by atoms with van der Waals surface area (Å²) in [5.74, 6) is -1.55. The first-order valence-corrected chi connectivity index (χ1v) is 7.35. The second-order valence-electron chi connectivity index (χ2n) is 4.94. The maximum absolute atomic E-state index is 12.4. The molecule has 10 heteroatoms. The summed E-state index contributed by atoms with van der Waals surface area (Å²) in [5.41, 5.74) is -1.43. The summed E-state index contributed by atoms with van der Waals surface area (Å²) in [6, 6.07) is 8.65. The van der Waals surface area contributed by atoms with E-state index in [0.717, 1.165) is 12.1 Å².